The predicted molar refractivity (Wildman–Crippen MR) is 107 cm³/mol. The van der Waals surface area contributed by atoms with E-state index in [1.807, 2.05) is 19.1 Å². The fraction of sp³-hybridized carbons (Fsp3) is 0.450. The van der Waals surface area contributed by atoms with Crippen LogP contribution in [-0.4, -0.2) is 30.6 Å². The number of ether oxygens (including phenoxy) is 2. The summed E-state index contributed by atoms with van der Waals surface area (Å²) in [5.74, 6) is 0.0655. The van der Waals surface area contributed by atoms with Crippen LogP contribution in [0, 0.1) is 13.8 Å². The van der Waals surface area contributed by atoms with E-state index in [0.717, 1.165) is 16.0 Å². The molecule has 27 heavy (non-hydrogen) atoms. The van der Waals surface area contributed by atoms with Gasteiger partial charge in [-0.25, -0.2) is 4.98 Å². The number of benzene rings is 1. The van der Waals surface area contributed by atoms with Crippen molar-refractivity contribution in [2.24, 2.45) is 0 Å². The van der Waals surface area contributed by atoms with Gasteiger partial charge in [-0.3, -0.25) is 14.9 Å². The minimum absolute atomic E-state index is 0.0902. The maximum atomic E-state index is 12.3. The molecule has 2 aromatic rings. The number of aryl methyl sites for hydroxylation is 2. The fourth-order valence-corrected chi connectivity index (χ4v) is 3.47. The van der Waals surface area contributed by atoms with Gasteiger partial charge in [-0.15, -0.1) is 11.3 Å². The molecule has 0 spiro atoms. The van der Waals surface area contributed by atoms with Crippen molar-refractivity contribution >= 4 is 28.3 Å². The zero-order chi connectivity index (χ0) is 20.2. The molecule has 0 aliphatic carbocycles. The molecule has 0 aliphatic heterocycles. The van der Waals surface area contributed by atoms with E-state index in [-0.39, 0.29) is 30.3 Å². The number of nitrogens with zero attached hydrogens (tertiary/aromatic N) is 1. The zero-order valence-electron chi connectivity index (χ0n) is 16.6. The number of hydrogen-bond acceptors (Lipinski definition) is 6. The number of carbonyl (C=O) groups excluding carboxylic acids is 2. The van der Waals surface area contributed by atoms with Crippen LogP contribution in [0.4, 0.5) is 5.13 Å². The Labute approximate surface area is 163 Å². The topological polar surface area (TPSA) is 77.5 Å². The fourth-order valence-electron chi connectivity index (χ4n) is 2.50. The summed E-state index contributed by atoms with van der Waals surface area (Å²) in [6.07, 6.45) is 0.144. The number of rotatable bonds is 6. The predicted octanol–water partition coefficient (Wildman–Crippen LogP) is 3.79. The van der Waals surface area contributed by atoms with Gasteiger partial charge in [0.15, 0.2) is 11.7 Å². The molecule has 1 N–H and O–H groups in total. The lowest BCUT2D eigenvalue weighted by Crippen LogP contribution is -2.22. The molecule has 1 heterocycles. The van der Waals surface area contributed by atoms with Gasteiger partial charge in [0, 0.05) is 4.88 Å². The van der Waals surface area contributed by atoms with Crippen LogP contribution in [0.15, 0.2) is 18.2 Å². The Kier molecular flexibility index (Phi) is 6.59. The van der Waals surface area contributed by atoms with Crippen molar-refractivity contribution in [3.05, 3.63) is 39.9 Å². The molecule has 0 saturated heterocycles. The Morgan fingerprint density at radius 2 is 1.93 bits per heavy atom. The van der Waals surface area contributed by atoms with Crippen molar-refractivity contribution in [3.63, 3.8) is 0 Å². The van der Waals surface area contributed by atoms with Crippen LogP contribution in [0.2, 0.25) is 0 Å². The van der Waals surface area contributed by atoms with E-state index < -0.39 is 0 Å². The molecule has 1 aromatic carbocycles. The third-order valence-corrected chi connectivity index (χ3v) is 5.05. The largest absolute Gasteiger partial charge is 0.483 e. The zero-order valence-corrected chi connectivity index (χ0v) is 17.5. The molecular weight excluding hydrogens is 364 g/mol. The Morgan fingerprint density at radius 1 is 1.22 bits per heavy atom. The van der Waals surface area contributed by atoms with Gasteiger partial charge in [0.1, 0.15) is 5.75 Å². The van der Waals surface area contributed by atoms with Crippen molar-refractivity contribution in [1.29, 1.82) is 0 Å². The van der Waals surface area contributed by atoms with Gasteiger partial charge in [0.2, 0.25) is 0 Å². The van der Waals surface area contributed by atoms with Gasteiger partial charge < -0.3 is 9.47 Å². The first-order chi connectivity index (χ1) is 12.6. The number of esters is 1. The normalized spacial score (nSPS) is 11.2. The summed E-state index contributed by atoms with van der Waals surface area (Å²) >= 11 is 1.26. The monoisotopic (exact) mass is 390 g/mol. The second kappa shape index (κ2) is 8.52. The Balaban J connectivity index is 2.02. The van der Waals surface area contributed by atoms with E-state index >= 15 is 0 Å². The van der Waals surface area contributed by atoms with Crippen LogP contribution >= 0.6 is 11.3 Å². The summed E-state index contributed by atoms with van der Waals surface area (Å²) < 4.78 is 10.4. The average Bonchev–Trinajstić information content (AvgIpc) is 2.91. The third-order valence-electron chi connectivity index (χ3n) is 3.97. The van der Waals surface area contributed by atoms with Gasteiger partial charge in [-0.1, -0.05) is 38.5 Å². The highest BCUT2D eigenvalue weighted by Gasteiger charge is 2.20. The van der Waals surface area contributed by atoms with Crippen molar-refractivity contribution in [3.8, 4) is 5.75 Å². The molecule has 146 valence electrons. The van der Waals surface area contributed by atoms with Crippen LogP contribution in [0.3, 0.4) is 0 Å². The number of anilines is 1. The summed E-state index contributed by atoms with van der Waals surface area (Å²) in [7, 11) is 1.34. The maximum absolute atomic E-state index is 12.3. The first-order valence-corrected chi connectivity index (χ1v) is 9.48. The van der Waals surface area contributed by atoms with Crippen LogP contribution < -0.4 is 10.1 Å². The minimum Gasteiger partial charge on any atom is -0.483 e. The van der Waals surface area contributed by atoms with E-state index in [0.29, 0.717) is 16.6 Å². The number of thiazole rings is 1. The molecule has 0 saturated carbocycles. The standard InChI is InChI=1S/C20H26N2O4S/c1-12-7-8-15(14(9-12)20(3,4)5)26-11-17(23)22-19-21-13(2)16(27-19)10-18(24)25-6/h7-9H,10-11H2,1-6H3,(H,21,22,23). The van der Waals surface area contributed by atoms with Crippen LogP contribution in [0.25, 0.3) is 0 Å². The molecule has 0 bridgehead atoms. The number of methoxy groups -OCH3 is 1. The van der Waals surface area contributed by atoms with Gasteiger partial charge >= 0.3 is 5.97 Å². The van der Waals surface area contributed by atoms with E-state index in [2.05, 4.69) is 41.9 Å². The maximum Gasteiger partial charge on any atom is 0.310 e. The molecule has 1 amide bonds. The van der Waals surface area contributed by atoms with Crippen molar-refractivity contribution in [2.45, 2.75) is 46.5 Å². The van der Waals surface area contributed by atoms with Crippen molar-refractivity contribution in [2.75, 3.05) is 19.0 Å². The van der Waals surface area contributed by atoms with E-state index in [1.54, 1.807) is 6.92 Å². The summed E-state index contributed by atoms with van der Waals surface area (Å²) in [5, 5.41) is 3.17. The summed E-state index contributed by atoms with van der Waals surface area (Å²) in [6.45, 7) is 10.0. The highest BCUT2D eigenvalue weighted by molar-refractivity contribution is 7.16. The van der Waals surface area contributed by atoms with E-state index in [4.69, 9.17) is 4.74 Å². The Hall–Kier alpha value is -2.41. The second-order valence-corrected chi connectivity index (χ2v) is 8.45. The highest BCUT2D eigenvalue weighted by Crippen LogP contribution is 2.32. The van der Waals surface area contributed by atoms with Crippen LogP contribution in [0.5, 0.6) is 5.75 Å². The molecule has 2 rings (SSSR count). The van der Waals surface area contributed by atoms with Crippen molar-refractivity contribution in [1.82, 2.24) is 4.98 Å². The Bertz CT molecular complexity index is 837. The van der Waals surface area contributed by atoms with Gasteiger partial charge in [0.25, 0.3) is 5.91 Å². The van der Waals surface area contributed by atoms with Gasteiger partial charge in [0.05, 0.1) is 19.2 Å². The molecule has 7 heteroatoms. The smallest absolute Gasteiger partial charge is 0.310 e. The lowest BCUT2D eigenvalue weighted by Gasteiger charge is -2.23. The number of carbonyl (C=O) groups is 2. The number of nitrogens with one attached hydrogen (secondary N) is 1. The number of amides is 1. The van der Waals surface area contributed by atoms with Crippen LogP contribution in [-0.2, 0) is 26.2 Å². The quantitative estimate of drug-likeness (QED) is 0.760. The van der Waals surface area contributed by atoms with Crippen LogP contribution in [0.1, 0.15) is 42.5 Å². The lowest BCUT2D eigenvalue weighted by atomic mass is 9.85. The molecule has 0 atom stereocenters. The second-order valence-electron chi connectivity index (χ2n) is 7.37. The first kappa shape index (κ1) is 20.9. The molecule has 1 aromatic heterocycles. The molecule has 0 aliphatic rings. The third kappa shape index (κ3) is 5.79. The molecule has 0 unspecified atom stereocenters. The van der Waals surface area contributed by atoms with E-state index in [1.165, 1.54) is 18.4 Å². The molecule has 6 nitrogen and oxygen atoms in total. The highest BCUT2D eigenvalue weighted by atomic mass is 32.1. The summed E-state index contributed by atoms with van der Waals surface area (Å²) in [4.78, 5) is 28.7. The lowest BCUT2D eigenvalue weighted by molar-refractivity contribution is -0.139. The van der Waals surface area contributed by atoms with E-state index in [9.17, 15) is 9.59 Å². The minimum atomic E-state index is -0.336. The number of hydrogen-bond donors (Lipinski definition) is 1. The van der Waals surface area contributed by atoms with Gasteiger partial charge in [-0.2, -0.15) is 0 Å². The molecule has 0 radical (unpaired) electrons. The number of aromatic nitrogens is 1. The summed E-state index contributed by atoms with van der Waals surface area (Å²) in [5.41, 5.74) is 2.82. The molecule has 0 fully saturated rings. The van der Waals surface area contributed by atoms with Crippen molar-refractivity contribution < 1.29 is 19.1 Å². The van der Waals surface area contributed by atoms with Gasteiger partial charge in [-0.05, 0) is 30.9 Å². The SMILES string of the molecule is COC(=O)Cc1sc(NC(=O)COc2ccc(C)cc2C(C)(C)C)nc1C. The first-order valence-electron chi connectivity index (χ1n) is 8.67. The Morgan fingerprint density at radius 3 is 2.56 bits per heavy atom. The molecular formula is C20H26N2O4S. The summed E-state index contributed by atoms with van der Waals surface area (Å²) in [6, 6.07) is 5.94. The average molecular weight is 391 g/mol.